The van der Waals surface area contributed by atoms with Gasteiger partial charge in [0.25, 0.3) is 0 Å². The first-order valence-corrected chi connectivity index (χ1v) is 15.9. The summed E-state index contributed by atoms with van der Waals surface area (Å²) in [5.74, 6) is 0.00519. The molecule has 2 aromatic heterocycles. The first kappa shape index (κ1) is 33.3. The lowest BCUT2D eigenvalue weighted by atomic mass is 9.88. The fourth-order valence-corrected chi connectivity index (χ4v) is 5.14. The molecule has 0 saturated heterocycles. The Morgan fingerprint density at radius 1 is 0.929 bits per heavy atom. The highest BCUT2D eigenvalue weighted by Gasteiger charge is 2.26. The van der Waals surface area contributed by atoms with Crippen LogP contribution in [0.1, 0.15) is 122 Å². The largest absolute Gasteiger partial charge is 0.466 e. The fourth-order valence-electron chi connectivity index (χ4n) is 5.14. The third-order valence-corrected chi connectivity index (χ3v) is 7.85. The van der Waals surface area contributed by atoms with Crippen molar-refractivity contribution >= 4 is 23.2 Å². The molecule has 9 nitrogen and oxygen atoms in total. The molecule has 0 aliphatic heterocycles. The number of H-pyrrole nitrogens is 1. The number of ether oxygens (including phenoxy) is 1. The van der Waals surface area contributed by atoms with Gasteiger partial charge < -0.3 is 15.2 Å². The van der Waals surface area contributed by atoms with E-state index in [2.05, 4.69) is 27.4 Å². The van der Waals surface area contributed by atoms with Crippen LogP contribution in [-0.2, 0) is 19.7 Å². The van der Waals surface area contributed by atoms with E-state index >= 15 is 0 Å². The van der Waals surface area contributed by atoms with E-state index in [1.807, 2.05) is 32.9 Å². The Bertz CT molecular complexity index is 1250. The highest BCUT2D eigenvalue weighted by atomic mass is 16.5. The number of unbranched alkanes of at least 4 members (excludes halogenated alkanes) is 11. The van der Waals surface area contributed by atoms with Crippen molar-refractivity contribution in [2.75, 3.05) is 18.5 Å². The fraction of sp³-hybridized carbons (Fsp3) is 0.636. The number of benzene rings is 1. The van der Waals surface area contributed by atoms with Gasteiger partial charge in [0.15, 0.2) is 11.5 Å². The number of anilines is 1. The standard InChI is InChI=1S/C33H51N5O4/c1-5-6-7-8-9-10-11-12-13-14-15-16-23-42-29(41)22-21-28(40)34-27-19-17-26(18-20-27)31-35-32-25(2)30(33(3,4)24-39)36-38(32)37-31/h17-20,36,39H,5-16,21-24H2,1-4H3,(H,34,40). The van der Waals surface area contributed by atoms with Crippen LogP contribution in [0.5, 0.6) is 0 Å². The average Bonchev–Trinajstić information content (AvgIpc) is 3.54. The number of amides is 1. The van der Waals surface area contributed by atoms with Gasteiger partial charge in [-0.25, -0.2) is 4.98 Å². The van der Waals surface area contributed by atoms with Gasteiger partial charge in [0.05, 0.1) is 19.6 Å². The zero-order valence-corrected chi connectivity index (χ0v) is 26.1. The predicted octanol–water partition coefficient (Wildman–Crippen LogP) is 7.27. The molecular formula is C33H51N5O4. The Kier molecular flexibility index (Phi) is 13.5. The lowest BCUT2D eigenvalue weighted by molar-refractivity contribution is -0.144. The van der Waals surface area contributed by atoms with Crippen molar-refractivity contribution < 1.29 is 19.4 Å². The van der Waals surface area contributed by atoms with Crippen LogP contribution in [0.25, 0.3) is 17.0 Å². The van der Waals surface area contributed by atoms with Gasteiger partial charge in [-0.1, -0.05) is 91.4 Å². The molecular weight excluding hydrogens is 530 g/mol. The number of carbonyl (C=O) groups excluding carboxylic acids is 2. The molecule has 0 bridgehead atoms. The van der Waals surface area contributed by atoms with Crippen LogP contribution >= 0.6 is 0 Å². The highest BCUT2D eigenvalue weighted by molar-refractivity contribution is 5.92. The SMILES string of the molecule is CCCCCCCCCCCCCCOC(=O)CCC(=O)Nc1ccc(-c2nc3c(C)c(C(C)(C)CO)[nH]n3n2)cc1. The molecule has 3 aromatic rings. The Balaban J connectivity index is 1.29. The molecule has 0 atom stereocenters. The minimum absolute atomic E-state index is 0.0121. The Labute approximate surface area is 250 Å². The summed E-state index contributed by atoms with van der Waals surface area (Å²) in [5, 5.41) is 20.3. The van der Waals surface area contributed by atoms with Crippen LogP contribution in [0, 0.1) is 6.92 Å². The van der Waals surface area contributed by atoms with Crippen molar-refractivity contribution in [2.24, 2.45) is 0 Å². The van der Waals surface area contributed by atoms with E-state index in [9.17, 15) is 14.7 Å². The molecule has 3 N–H and O–H groups in total. The summed E-state index contributed by atoms with van der Waals surface area (Å²) in [5.41, 5.74) is 3.59. The van der Waals surface area contributed by atoms with Crippen molar-refractivity contribution in [3.8, 4) is 11.4 Å². The molecule has 3 rings (SSSR count). The van der Waals surface area contributed by atoms with E-state index in [0.29, 0.717) is 23.8 Å². The van der Waals surface area contributed by atoms with Crippen LogP contribution in [-0.4, -0.2) is 50.0 Å². The first-order chi connectivity index (χ1) is 20.2. The number of rotatable bonds is 20. The number of nitrogens with zero attached hydrogens (tertiary/aromatic N) is 3. The highest BCUT2D eigenvalue weighted by Crippen LogP contribution is 2.28. The minimum atomic E-state index is -0.421. The Hall–Kier alpha value is -3.20. The number of aromatic nitrogens is 4. The quantitative estimate of drug-likeness (QED) is 0.0953. The maximum Gasteiger partial charge on any atom is 0.306 e. The first-order valence-electron chi connectivity index (χ1n) is 15.9. The predicted molar refractivity (Wildman–Crippen MR) is 168 cm³/mol. The van der Waals surface area contributed by atoms with Gasteiger partial charge in [-0.3, -0.25) is 14.7 Å². The number of esters is 1. The molecule has 1 aromatic carbocycles. The summed E-state index contributed by atoms with van der Waals surface area (Å²) in [7, 11) is 0. The third-order valence-electron chi connectivity index (χ3n) is 7.85. The summed E-state index contributed by atoms with van der Waals surface area (Å²) in [4.78, 5) is 29.0. The van der Waals surface area contributed by atoms with Crippen molar-refractivity contribution in [1.29, 1.82) is 0 Å². The molecule has 9 heteroatoms. The molecule has 0 unspecified atom stereocenters. The lowest BCUT2D eigenvalue weighted by Gasteiger charge is -2.20. The van der Waals surface area contributed by atoms with Gasteiger partial charge in [-0.2, -0.15) is 4.63 Å². The monoisotopic (exact) mass is 581 g/mol. The Morgan fingerprint density at radius 3 is 2.10 bits per heavy atom. The number of carbonyl (C=O) groups is 2. The molecule has 0 radical (unpaired) electrons. The van der Waals surface area contributed by atoms with E-state index in [1.54, 1.807) is 16.8 Å². The molecule has 2 heterocycles. The number of aliphatic hydroxyl groups excluding tert-OH is 1. The summed E-state index contributed by atoms with van der Waals surface area (Å²) >= 11 is 0. The van der Waals surface area contributed by atoms with Crippen LogP contribution in [0.3, 0.4) is 0 Å². The van der Waals surface area contributed by atoms with Crippen LogP contribution in [0.15, 0.2) is 24.3 Å². The maximum absolute atomic E-state index is 12.3. The van der Waals surface area contributed by atoms with Gasteiger partial charge >= 0.3 is 5.97 Å². The molecule has 0 spiro atoms. The zero-order chi connectivity index (χ0) is 30.4. The van der Waals surface area contributed by atoms with Crippen LogP contribution < -0.4 is 5.32 Å². The number of hydrogen-bond acceptors (Lipinski definition) is 6. The van der Waals surface area contributed by atoms with Crippen LogP contribution in [0.2, 0.25) is 0 Å². The smallest absolute Gasteiger partial charge is 0.306 e. The number of fused-ring (bicyclic) bond motifs is 1. The van der Waals surface area contributed by atoms with Crippen molar-refractivity contribution in [1.82, 2.24) is 19.8 Å². The Morgan fingerprint density at radius 2 is 1.52 bits per heavy atom. The molecule has 232 valence electrons. The summed E-state index contributed by atoms with van der Waals surface area (Å²) < 4.78 is 6.94. The van der Waals surface area contributed by atoms with Gasteiger partial charge in [-0.15, -0.1) is 5.10 Å². The number of aromatic amines is 1. The van der Waals surface area contributed by atoms with Gasteiger partial charge in [-0.05, 0) is 37.6 Å². The van der Waals surface area contributed by atoms with Crippen molar-refractivity contribution in [2.45, 2.75) is 123 Å². The van der Waals surface area contributed by atoms with E-state index in [1.165, 1.54) is 64.2 Å². The van der Waals surface area contributed by atoms with Gasteiger partial charge in [0.2, 0.25) is 5.91 Å². The normalized spacial score (nSPS) is 11.7. The van der Waals surface area contributed by atoms with Crippen molar-refractivity contribution in [3.63, 3.8) is 0 Å². The van der Waals surface area contributed by atoms with E-state index < -0.39 is 5.41 Å². The summed E-state index contributed by atoms with van der Waals surface area (Å²) in [6.45, 7) is 8.58. The zero-order valence-electron chi connectivity index (χ0n) is 26.1. The summed E-state index contributed by atoms with van der Waals surface area (Å²) in [6.07, 6.45) is 15.3. The molecule has 42 heavy (non-hydrogen) atoms. The average molecular weight is 582 g/mol. The second-order valence-corrected chi connectivity index (χ2v) is 12.1. The topological polar surface area (TPSA) is 122 Å². The number of aryl methyl sites for hydroxylation is 1. The number of hydrogen-bond donors (Lipinski definition) is 3. The van der Waals surface area contributed by atoms with Crippen LogP contribution in [0.4, 0.5) is 5.69 Å². The molecule has 0 aliphatic carbocycles. The van der Waals surface area contributed by atoms with Gasteiger partial charge in [0.1, 0.15) is 0 Å². The van der Waals surface area contributed by atoms with Crippen molar-refractivity contribution in [3.05, 3.63) is 35.5 Å². The minimum Gasteiger partial charge on any atom is -0.466 e. The lowest BCUT2D eigenvalue weighted by Crippen LogP contribution is -2.23. The molecule has 0 fully saturated rings. The van der Waals surface area contributed by atoms with E-state index in [-0.39, 0.29) is 31.3 Å². The molecule has 0 saturated carbocycles. The summed E-state index contributed by atoms with van der Waals surface area (Å²) in [6, 6.07) is 7.28. The molecule has 0 aliphatic rings. The van der Waals surface area contributed by atoms with Gasteiger partial charge in [0, 0.05) is 34.3 Å². The second kappa shape index (κ2) is 17.0. The van der Waals surface area contributed by atoms with E-state index in [0.717, 1.165) is 29.7 Å². The maximum atomic E-state index is 12.3. The third kappa shape index (κ3) is 10.3. The number of aliphatic hydroxyl groups is 1. The second-order valence-electron chi connectivity index (χ2n) is 12.1. The molecule has 1 amide bonds. The van der Waals surface area contributed by atoms with E-state index in [4.69, 9.17) is 4.74 Å². The number of nitrogens with one attached hydrogen (secondary N) is 2.